The van der Waals surface area contributed by atoms with Crippen LogP contribution in [0.4, 0.5) is 4.39 Å². The second-order valence-electron chi connectivity index (χ2n) is 6.52. The van der Waals surface area contributed by atoms with E-state index in [-0.39, 0.29) is 24.4 Å². The molecule has 1 atom stereocenters. The minimum absolute atomic E-state index is 0.0390. The van der Waals surface area contributed by atoms with Gasteiger partial charge in [0.15, 0.2) is 6.61 Å². The highest BCUT2D eigenvalue weighted by atomic mass is 19.1. The van der Waals surface area contributed by atoms with Crippen LogP contribution in [0.5, 0.6) is 5.75 Å². The molecular formula is C18H22FN3O3. The number of aryl methyl sites for hydroxylation is 1. The van der Waals surface area contributed by atoms with Gasteiger partial charge in [-0.05, 0) is 51.2 Å². The lowest BCUT2D eigenvalue weighted by molar-refractivity contribution is -0.123. The standard InChI is InChI=1S/C18H22FN3O3/c1-22(2)10-16-15-9-13(5-8-17(15)25-21-16)20-18(23)11-24-14-6-3-12(19)4-7-14/h3-4,6-7,13H,5,8-11H2,1-2H3,(H,20,23). The normalized spacial score (nSPS) is 16.6. The molecule has 1 amide bonds. The molecule has 0 aliphatic heterocycles. The molecular weight excluding hydrogens is 325 g/mol. The lowest BCUT2D eigenvalue weighted by Gasteiger charge is -2.23. The topological polar surface area (TPSA) is 67.6 Å². The Bertz CT molecular complexity index is 728. The Kier molecular flexibility index (Phi) is 5.33. The van der Waals surface area contributed by atoms with Crippen LogP contribution in [0.1, 0.15) is 23.4 Å². The summed E-state index contributed by atoms with van der Waals surface area (Å²) < 4.78 is 23.6. The first-order chi connectivity index (χ1) is 12.0. The number of carbonyl (C=O) groups excluding carboxylic acids is 1. The monoisotopic (exact) mass is 347 g/mol. The van der Waals surface area contributed by atoms with Crippen molar-refractivity contribution in [2.45, 2.75) is 31.8 Å². The predicted octanol–water partition coefficient (Wildman–Crippen LogP) is 1.93. The molecule has 1 N–H and O–H groups in total. The average Bonchev–Trinajstić information content (AvgIpc) is 2.96. The quantitative estimate of drug-likeness (QED) is 0.865. The molecule has 0 bridgehead atoms. The van der Waals surface area contributed by atoms with Crippen molar-refractivity contribution in [1.29, 1.82) is 0 Å². The van der Waals surface area contributed by atoms with Gasteiger partial charge in [0.2, 0.25) is 0 Å². The molecule has 1 aromatic carbocycles. The van der Waals surface area contributed by atoms with E-state index in [1.807, 2.05) is 19.0 Å². The van der Waals surface area contributed by atoms with Crippen LogP contribution in [0.2, 0.25) is 0 Å². The minimum atomic E-state index is -0.336. The third-order valence-electron chi connectivity index (χ3n) is 4.14. The number of amides is 1. The van der Waals surface area contributed by atoms with E-state index >= 15 is 0 Å². The van der Waals surface area contributed by atoms with Crippen LogP contribution in [-0.4, -0.2) is 42.7 Å². The van der Waals surface area contributed by atoms with E-state index in [4.69, 9.17) is 9.26 Å². The van der Waals surface area contributed by atoms with Gasteiger partial charge in [0.05, 0.1) is 0 Å². The van der Waals surface area contributed by atoms with Crippen LogP contribution >= 0.6 is 0 Å². The zero-order valence-electron chi connectivity index (χ0n) is 14.4. The van der Waals surface area contributed by atoms with Crippen LogP contribution < -0.4 is 10.1 Å². The Morgan fingerprint density at radius 2 is 2.16 bits per heavy atom. The van der Waals surface area contributed by atoms with Crippen molar-refractivity contribution >= 4 is 5.91 Å². The van der Waals surface area contributed by atoms with E-state index in [1.54, 1.807) is 0 Å². The number of rotatable bonds is 6. The molecule has 1 aromatic heterocycles. The number of ether oxygens (including phenoxy) is 1. The summed E-state index contributed by atoms with van der Waals surface area (Å²) in [6, 6.07) is 5.64. The predicted molar refractivity (Wildman–Crippen MR) is 89.7 cm³/mol. The van der Waals surface area contributed by atoms with Crippen molar-refractivity contribution < 1.29 is 18.4 Å². The molecule has 6 nitrogen and oxygen atoms in total. The summed E-state index contributed by atoms with van der Waals surface area (Å²) in [5.41, 5.74) is 2.03. The molecule has 25 heavy (non-hydrogen) atoms. The molecule has 3 rings (SSSR count). The van der Waals surface area contributed by atoms with Gasteiger partial charge in [0, 0.05) is 24.6 Å². The van der Waals surface area contributed by atoms with E-state index in [0.717, 1.165) is 29.9 Å². The van der Waals surface area contributed by atoms with Crippen molar-refractivity contribution in [2.75, 3.05) is 20.7 Å². The summed E-state index contributed by atoms with van der Waals surface area (Å²) in [5, 5.41) is 7.14. The summed E-state index contributed by atoms with van der Waals surface area (Å²) in [5.74, 6) is 0.861. The Balaban J connectivity index is 1.52. The smallest absolute Gasteiger partial charge is 0.258 e. The fourth-order valence-electron chi connectivity index (χ4n) is 2.96. The van der Waals surface area contributed by atoms with E-state index in [1.165, 1.54) is 24.3 Å². The molecule has 0 fully saturated rings. The number of benzene rings is 1. The average molecular weight is 347 g/mol. The Morgan fingerprint density at radius 1 is 1.40 bits per heavy atom. The minimum Gasteiger partial charge on any atom is -0.484 e. The van der Waals surface area contributed by atoms with Gasteiger partial charge in [-0.15, -0.1) is 0 Å². The molecule has 134 valence electrons. The SMILES string of the molecule is CN(C)Cc1noc2c1CC(NC(=O)COc1ccc(F)cc1)CC2. The molecule has 2 aromatic rings. The van der Waals surface area contributed by atoms with Gasteiger partial charge in [-0.3, -0.25) is 4.79 Å². The molecule has 1 aliphatic rings. The zero-order valence-corrected chi connectivity index (χ0v) is 14.4. The molecule has 1 aliphatic carbocycles. The zero-order chi connectivity index (χ0) is 17.8. The van der Waals surface area contributed by atoms with Crippen molar-refractivity contribution in [2.24, 2.45) is 0 Å². The maximum atomic E-state index is 12.9. The number of nitrogens with zero attached hydrogens (tertiary/aromatic N) is 2. The molecule has 0 saturated heterocycles. The number of nitrogens with one attached hydrogen (secondary N) is 1. The second-order valence-corrected chi connectivity index (χ2v) is 6.52. The van der Waals surface area contributed by atoms with Crippen LogP contribution in [0.3, 0.4) is 0 Å². The van der Waals surface area contributed by atoms with Gasteiger partial charge in [-0.2, -0.15) is 0 Å². The van der Waals surface area contributed by atoms with Crippen LogP contribution in [0.15, 0.2) is 28.8 Å². The highest BCUT2D eigenvalue weighted by Crippen LogP contribution is 2.25. The highest BCUT2D eigenvalue weighted by Gasteiger charge is 2.26. The summed E-state index contributed by atoms with van der Waals surface area (Å²) in [6.45, 7) is 0.621. The Hall–Kier alpha value is -2.41. The van der Waals surface area contributed by atoms with Gasteiger partial charge in [0.1, 0.15) is 23.0 Å². The number of halogens is 1. The van der Waals surface area contributed by atoms with Crippen molar-refractivity contribution in [3.8, 4) is 5.75 Å². The largest absolute Gasteiger partial charge is 0.484 e. The molecule has 0 radical (unpaired) electrons. The van der Waals surface area contributed by atoms with Gasteiger partial charge in [-0.25, -0.2) is 4.39 Å². The summed E-state index contributed by atoms with van der Waals surface area (Å²) >= 11 is 0. The van der Waals surface area contributed by atoms with Gasteiger partial charge >= 0.3 is 0 Å². The summed E-state index contributed by atoms with van der Waals surface area (Å²) in [4.78, 5) is 14.1. The lowest BCUT2D eigenvalue weighted by atomic mass is 9.92. The summed E-state index contributed by atoms with van der Waals surface area (Å²) in [7, 11) is 3.96. The van der Waals surface area contributed by atoms with Crippen LogP contribution in [0.25, 0.3) is 0 Å². The molecule has 1 heterocycles. The number of hydrogen-bond donors (Lipinski definition) is 1. The van der Waals surface area contributed by atoms with Gasteiger partial charge < -0.3 is 19.5 Å². The third kappa shape index (κ3) is 4.57. The van der Waals surface area contributed by atoms with E-state index in [0.29, 0.717) is 18.7 Å². The van der Waals surface area contributed by atoms with E-state index in [9.17, 15) is 9.18 Å². The highest BCUT2D eigenvalue weighted by molar-refractivity contribution is 5.77. The second kappa shape index (κ2) is 7.65. The first kappa shape index (κ1) is 17.4. The maximum Gasteiger partial charge on any atom is 0.258 e. The Morgan fingerprint density at radius 3 is 2.88 bits per heavy atom. The fraction of sp³-hybridized carbons (Fsp3) is 0.444. The molecule has 0 saturated carbocycles. The van der Waals surface area contributed by atoms with Gasteiger partial charge in [0.25, 0.3) is 5.91 Å². The number of carbonyl (C=O) groups is 1. The lowest BCUT2D eigenvalue weighted by Crippen LogP contribution is -2.41. The van der Waals surface area contributed by atoms with Gasteiger partial charge in [-0.1, -0.05) is 5.16 Å². The van der Waals surface area contributed by atoms with Crippen molar-refractivity contribution in [3.63, 3.8) is 0 Å². The maximum absolute atomic E-state index is 12.9. The summed E-state index contributed by atoms with van der Waals surface area (Å²) in [6.07, 6.45) is 2.29. The number of aromatic nitrogens is 1. The molecule has 1 unspecified atom stereocenters. The van der Waals surface area contributed by atoms with Crippen LogP contribution in [-0.2, 0) is 24.2 Å². The van der Waals surface area contributed by atoms with Crippen molar-refractivity contribution in [3.05, 3.63) is 47.1 Å². The fourth-order valence-corrected chi connectivity index (χ4v) is 2.96. The van der Waals surface area contributed by atoms with E-state index in [2.05, 4.69) is 10.5 Å². The van der Waals surface area contributed by atoms with Crippen molar-refractivity contribution in [1.82, 2.24) is 15.4 Å². The van der Waals surface area contributed by atoms with Crippen LogP contribution in [0, 0.1) is 5.82 Å². The van der Waals surface area contributed by atoms with E-state index < -0.39 is 0 Å². The Labute approximate surface area is 145 Å². The molecule has 0 spiro atoms. The number of hydrogen-bond acceptors (Lipinski definition) is 5. The third-order valence-corrected chi connectivity index (χ3v) is 4.14. The first-order valence-electron chi connectivity index (χ1n) is 8.30. The molecule has 7 heteroatoms. The number of fused-ring (bicyclic) bond motifs is 1. The first-order valence-corrected chi connectivity index (χ1v) is 8.30.